The maximum atomic E-state index is 11.9. The van der Waals surface area contributed by atoms with Gasteiger partial charge in [0, 0.05) is 18.9 Å². The predicted octanol–water partition coefficient (Wildman–Crippen LogP) is 2.69. The summed E-state index contributed by atoms with van der Waals surface area (Å²) in [4.78, 5) is 11.9. The molecule has 1 amide bonds. The Kier molecular flexibility index (Phi) is 3.58. The molecule has 22 heavy (non-hydrogen) atoms. The molecule has 1 atom stereocenters. The van der Waals surface area contributed by atoms with Gasteiger partial charge < -0.3 is 14.3 Å². The highest BCUT2D eigenvalue weighted by atomic mass is 16.5. The van der Waals surface area contributed by atoms with Gasteiger partial charge in [0.1, 0.15) is 11.5 Å². The summed E-state index contributed by atoms with van der Waals surface area (Å²) in [5, 5.41) is 16.0. The molecule has 1 aromatic heterocycles. The first-order valence-electron chi connectivity index (χ1n) is 6.89. The summed E-state index contributed by atoms with van der Waals surface area (Å²) < 4.78 is 10.5. The Morgan fingerprint density at radius 1 is 1.41 bits per heavy atom. The highest BCUT2D eigenvalue weighted by molar-refractivity contribution is 6.01. The van der Waals surface area contributed by atoms with Crippen LogP contribution in [-0.2, 0) is 4.79 Å². The van der Waals surface area contributed by atoms with E-state index in [1.165, 1.54) is 19.0 Å². The van der Waals surface area contributed by atoms with Gasteiger partial charge in [0.2, 0.25) is 5.91 Å². The quantitative estimate of drug-likeness (QED) is 0.945. The predicted molar refractivity (Wildman–Crippen MR) is 79.8 cm³/mol. The Balaban J connectivity index is 1.99. The van der Waals surface area contributed by atoms with Crippen LogP contribution in [0.2, 0.25) is 0 Å². The number of hydrazone groups is 1. The Morgan fingerprint density at radius 3 is 2.86 bits per heavy atom. The lowest BCUT2D eigenvalue weighted by molar-refractivity contribution is -0.130. The van der Waals surface area contributed by atoms with Crippen LogP contribution < -0.4 is 4.74 Å². The van der Waals surface area contributed by atoms with Crippen LogP contribution in [0.25, 0.3) is 0 Å². The molecule has 6 nitrogen and oxygen atoms in total. The number of carbonyl (C=O) groups is 1. The van der Waals surface area contributed by atoms with Crippen LogP contribution in [-0.4, -0.2) is 28.8 Å². The van der Waals surface area contributed by atoms with Crippen LogP contribution in [0.3, 0.4) is 0 Å². The fourth-order valence-corrected chi connectivity index (χ4v) is 2.61. The van der Waals surface area contributed by atoms with Gasteiger partial charge in [-0.1, -0.05) is 12.1 Å². The average molecular weight is 300 g/mol. The number of para-hydroxylation sites is 1. The van der Waals surface area contributed by atoms with Gasteiger partial charge >= 0.3 is 0 Å². The van der Waals surface area contributed by atoms with Crippen molar-refractivity contribution in [2.24, 2.45) is 5.10 Å². The minimum Gasteiger partial charge on any atom is -0.504 e. The zero-order valence-corrected chi connectivity index (χ0v) is 12.3. The van der Waals surface area contributed by atoms with Crippen LogP contribution in [0.4, 0.5) is 0 Å². The van der Waals surface area contributed by atoms with Crippen LogP contribution in [0.15, 0.2) is 46.1 Å². The number of ether oxygens (including phenoxy) is 1. The Hall–Kier alpha value is -2.76. The minimum atomic E-state index is -0.382. The summed E-state index contributed by atoms with van der Waals surface area (Å²) >= 11 is 0. The molecule has 2 heterocycles. The van der Waals surface area contributed by atoms with Crippen molar-refractivity contribution in [3.05, 3.63) is 47.9 Å². The number of nitrogens with zero attached hydrogens (tertiary/aromatic N) is 2. The first-order chi connectivity index (χ1) is 10.6. The van der Waals surface area contributed by atoms with Crippen molar-refractivity contribution in [3.8, 4) is 11.5 Å². The number of carbonyl (C=O) groups excluding carboxylic acids is 1. The fourth-order valence-electron chi connectivity index (χ4n) is 2.61. The van der Waals surface area contributed by atoms with E-state index in [1.807, 2.05) is 0 Å². The average Bonchev–Trinajstić information content (AvgIpc) is 3.16. The zero-order chi connectivity index (χ0) is 15.7. The molecule has 0 spiro atoms. The molecule has 1 N–H and O–H groups in total. The van der Waals surface area contributed by atoms with Crippen LogP contribution in [0, 0.1) is 0 Å². The number of rotatable bonds is 3. The lowest BCUT2D eigenvalue weighted by Crippen LogP contribution is -2.24. The molecule has 0 saturated heterocycles. The second-order valence-corrected chi connectivity index (χ2v) is 5.01. The molecule has 1 aromatic carbocycles. The molecular formula is C16H16N2O4. The smallest absolute Gasteiger partial charge is 0.240 e. The number of methoxy groups -OCH3 is 1. The van der Waals surface area contributed by atoms with E-state index in [0.29, 0.717) is 29.2 Å². The second-order valence-electron chi connectivity index (χ2n) is 5.01. The summed E-state index contributed by atoms with van der Waals surface area (Å²) in [6.07, 6.45) is 2.03. The summed E-state index contributed by atoms with van der Waals surface area (Å²) in [5.74, 6) is 0.814. The standard InChI is InChI=1S/C16H16N2O4/c1-10(19)18-13(9-12(17-18)14-7-4-8-22-14)11-5-3-6-15(21-2)16(11)20/h3-8,13,20H,9H2,1-2H3/t13-/m1/s1. The summed E-state index contributed by atoms with van der Waals surface area (Å²) in [7, 11) is 1.49. The molecule has 0 aliphatic carbocycles. The molecular weight excluding hydrogens is 284 g/mol. The van der Waals surface area contributed by atoms with E-state index in [2.05, 4.69) is 5.10 Å². The van der Waals surface area contributed by atoms with E-state index in [4.69, 9.17) is 9.15 Å². The Bertz CT molecular complexity index is 722. The number of hydrogen-bond acceptors (Lipinski definition) is 5. The van der Waals surface area contributed by atoms with E-state index < -0.39 is 0 Å². The normalized spacial score (nSPS) is 17.5. The molecule has 0 radical (unpaired) electrons. The molecule has 1 aliphatic heterocycles. The van der Waals surface area contributed by atoms with Gasteiger partial charge in [0.15, 0.2) is 11.5 Å². The SMILES string of the molecule is COc1cccc([C@H]2CC(c3ccco3)=NN2C(C)=O)c1O. The maximum absolute atomic E-state index is 11.9. The molecule has 0 bridgehead atoms. The summed E-state index contributed by atoms with van der Waals surface area (Å²) in [6, 6.07) is 8.39. The molecule has 0 fully saturated rings. The van der Waals surface area contributed by atoms with Gasteiger partial charge in [-0.05, 0) is 18.2 Å². The third-order valence-corrected chi connectivity index (χ3v) is 3.65. The van der Waals surface area contributed by atoms with Gasteiger partial charge in [0.25, 0.3) is 0 Å². The Morgan fingerprint density at radius 2 is 2.23 bits per heavy atom. The van der Waals surface area contributed by atoms with Gasteiger partial charge in [0.05, 0.1) is 19.4 Å². The highest BCUT2D eigenvalue weighted by Crippen LogP contribution is 2.40. The number of furan rings is 1. The first kappa shape index (κ1) is 14.2. The molecule has 1 aliphatic rings. The zero-order valence-electron chi connectivity index (χ0n) is 12.3. The van der Waals surface area contributed by atoms with E-state index in [1.54, 1.807) is 36.6 Å². The van der Waals surface area contributed by atoms with Crippen LogP contribution >= 0.6 is 0 Å². The van der Waals surface area contributed by atoms with Crippen molar-refractivity contribution in [1.29, 1.82) is 0 Å². The molecule has 114 valence electrons. The topological polar surface area (TPSA) is 75.3 Å². The number of amides is 1. The van der Waals surface area contributed by atoms with Crippen molar-refractivity contribution in [2.75, 3.05) is 7.11 Å². The number of phenolic OH excluding ortho intramolecular Hbond substituents is 1. The van der Waals surface area contributed by atoms with Crippen molar-refractivity contribution >= 4 is 11.6 Å². The fraction of sp³-hybridized carbons (Fsp3) is 0.250. The van der Waals surface area contributed by atoms with Crippen molar-refractivity contribution in [2.45, 2.75) is 19.4 Å². The number of aromatic hydroxyl groups is 1. The van der Waals surface area contributed by atoms with Gasteiger partial charge in [-0.25, -0.2) is 5.01 Å². The molecule has 2 aromatic rings. The summed E-state index contributed by atoms with van der Waals surface area (Å²) in [5.41, 5.74) is 1.27. The minimum absolute atomic E-state index is 0.0251. The van der Waals surface area contributed by atoms with E-state index in [0.717, 1.165) is 0 Å². The highest BCUT2D eigenvalue weighted by Gasteiger charge is 2.34. The third-order valence-electron chi connectivity index (χ3n) is 3.65. The van der Waals surface area contributed by atoms with Gasteiger partial charge in [-0.3, -0.25) is 4.79 Å². The van der Waals surface area contributed by atoms with Gasteiger partial charge in [-0.2, -0.15) is 5.10 Å². The molecule has 0 saturated carbocycles. The first-order valence-corrected chi connectivity index (χ1v) is 6.89. The molecule has 0 unspecified atom stereocenters. The number of hydrogen-bond donors (Lipinski definition) is 1. The Labute approximate surface area is 127 Å². The lowest BCUT2D eigenvalue weighted by atomic mass is 9.99. The van der Waals surface area contributed by atoms with Crippen molar-refractivity contribution in [3.63, 3.8) is 0 Å². The second kappa shape index (κ2) is 5.55. The number of benzene rings is 1. The lowest BCUT2D eigenvalue weighted by Gasteiger charge is -2.22. The van der Waals surface area contributed by atoms with Crippen LogP contribution in [0.1, 0.15) is 30.7 Å². The molecule has 6 heteroatoms. The number of phenols is 1. The van der Waals surface area contributed by atoms with Crippen molar-refractivity contribution < 1.29 is 19.1 Å². The monoisotopic (exact) mass is 300 g/mol. The summed E-state index contributed by atoms with van der Waals surface area (Å²) in [6.45, 7) is 1.44. The van der Waals surface area contributed by atoms with E-state index in [9.17, 15) is 9.90 Å². The van der Waals surface area contributed by atoms with E-state index >= 15 is 0 Å². The molecule has 3 rings (SSSR count). The van der Waals surface area contributed by atoms with E-state index in [-0.39, 0.29) is 17.7 Å². The van der Waals surface area contributed by atoms with Gasteiger partial charge in [-0.15, -0.1) is 0 Å². The van der Waals surface area contributed by atoms with Crippen LogP contribution in [0.5, 0.6) is 11.5 Å². The largest absolute Gasteiger partial charge is 0.504 e. The van der Waals surface area contributed by atoms with Crippen molar-refractivity contribution in [1.82, 2.24) is 5.01 Å². The maximum Gasteiger partial charge on any atom is 0.240 e. The third kappa shape index (κ3) is 2.32.